The van der Waals surface area contributed by atoms with Gasteiger partial charge in [0.2, 0.25) is 11.7 Å². The quantitative estimate of drug-likeness (QED) is 0.877. The van der Waals surface area contributed by atoms with Crippen LogP contribution in [0, 0.1) is 6.92 Å². The highest BCUT2D eigenvalue weighted by Gasteiger charge is 2.21. The van der Waals surface area contributed by atoms with Crippen LogP contribution in [0.5, 0.6) is 0 Å². The Morgan fingerprint density at radius 1 is 1.39 bits per heavy atom. The van der Waals surface area contributed by atoms with E-state index < -0.39 is 0 Å². The van der Waals surface area contributed by atoms with Crippen LogP contribution in [-0.4, -0.2) is 21.7 Å². The highest BCUT2D eigenvalue weighted by atomic mass is 16.5. The molecule has 0 radical (unpaired) electrons. The third kappa shape index (κ3) is 2.13. The largest absolute Gasteiger partial charge is 0.337 e. The van der Waals surface area contributed by atoms with Crippen molar-refractivity contribution in [3.63, 3.8) is 0 Å². The summed E-state index contributed by atoms with van der Waals surface area (Å²) in [4.78, 5) is 8.57. The van der Waals surface area contributed by atoms with Gasteiger partial charge in [0, 0.05) is 18.0 Å². The van der Waals surface area contributed by atoms with Crippen molar-refractivity contribution in [1.29, 1.82) is 0 Å². The Kier molecular flexibility index (Phi) is 3.06. The lowest BCUT2D eigenvalue weighted by molar-refractivity contribution is 0.297. The van der Waals surface area contributed by atoms with E-state index >= 15 is 0 Å². The summed E-state index contributed by atoms with van der Waals surface area (Å²) >= 11 is 0. The van der Waals surface area contributed by atoms with Gasteiger partial charge < -0.3 is 9.84 Å². The van der Waals surface area contributed by atoms with Crippen LogP contribution < -0.4 is 5.32 Å². The van der Waals surface area contributed by atoms with Crippen molar-refractivity contribution in [2.75, 3.05) is 6.54 Å². The Morgan fingerprint density at radius 3 is 3.11 bits per heavy atom. The molecular weight excluding hydrogens is 228 g/mol. The van der Waals surface area contributed by atoms with Crippen molar-refractivity contribution in [3.8, 4) is 11.4 Å². The molecule has 0 unspecified atom stereocenters. The van der Waals surface area contributed by atoms with Crippen LogP contribution in [0.15, 0.2) is 23.0 Å². The summed E-state index contributed by atoms with van der Waals surface area (Å²) in [5.41, 5.74) is 2.04. The molecule has 0 amide bonds. The topological polar surface area (TPSA) is 63.8 Å². The molecule has 0 aliphatic carbocycles. The maximum atomic E-state index is 5.37. The second kappa shape index (κ2) is 4.86. The summed E-state index contributed by atoms with van der Waals surface area (Å²) in [6, 6.07) is 2.13. The number of piperidine rings is 1. The van der Waals surface area contributed by atoms with Crippen LogP contribution >= 0.6 is 0 Å². The molecule has 3 rings (SSSR count). The molecule has 1 atom stereocenters. The van der Waals surface area contributed by atoms with E-state index in [0.29, 0.717) is 11.7 Å². The highest BCUT2D eigenvalue weighted by molar-refractivity contribution is 5.57. The van der Waals surface area contributed by atoms with E-state index in [1.165, 1.54) is 12.8 Å². The highest BCUT2D eigenvalue weighted by Crippen LogP contribution is 2.25. The second-order valence-corrected chi connectivity index (χ2v) is 4.65. The average molecular weight is 244 g/mol. The first-order valence-electron chi connectivity index (χ1n) is 6.32. The van der Waals surface area contributed by atoms with Gasteiger partial charge in [-0.2, -0.15) is 4.98 Å². The summed E-state index contributed by atoms with van der Waals surface area (Å²) in [5.74, 6) is 1.35. The summed E-state index contributed by atoms with van der Waals surface area (Å²) in [5, 5.41) is 7.47. The fourth-order valence-electron chi connectivity index (χ4n) is 2.27. The number of aryl methyl sites for hydroxylation is 1. The number of nitrogens with zero attached hydrogens (tertiary/aromatic N) is 3. The second-order valence-electron chi connectivity index (χ2n) is 4.65. The molecule has 5 nitrogen and oxygen atoms in total. The van der Waals surface area contributed by atoms with Gasteiger partial charge >= 0.3 is 0 Å². The van der Waals surface area contributed by atoms with Crippen LogP contribution in [0.4, 0.5) is 0 Å². The van der Waals surface area contributed by atoms with Crippen molar-refractivity contribution in [1.82, 2.24) is 20.4 Å². The Balaban J connectivity index is 1.87. The number of aromatic nitrogens is 3. The van der Waals surface area contributed by atoms with Crippen molar-refractivity contribution >= 4 is 0 Å². The van der Waals surface area contributed by atoms with Crippen molar-refractivity contribution < 1.29 is 4.52 Å². The Hall–Kier alpha value is -1.75. The maximum absolute atomic E-state index is 5.37. The lowest BCUT2D eigenvalue weighted by Crippen LogP contribution is -2.26. The first kappa shape index (κ1) is 11.3. The number of hydrogen-bond acceptors (Lipinski definition) is 5. The van der Waals surface area contributed by atoms with Gasteiger partial charge in [0.1, 0.15) is 0 Å². The number of hydrogen-bond donors (Lipinski definition) is 1. The third-order valence-corrected chi connectivity index (χ3v) is 3.31. The molecule has 1 fully saturated rings. The number of nitrogens with one attached hydrogen (secondary N) is 1. The van der Waals surface area contributed by atoms with Crippen LogP contribution in [0.3, 0.4) is 0 Å². The zero-order valence-corrected chi connectivity index (χ0v) is 10.4. The van der Waals surface area contributed by atoms with Crippen LogP contribution in [0.1, 0.15) is 36.8 Å². The van der Waals surface area contributed by atoms with E-state index in [0.717, 1.165) is 24.1 Å². The smallest absolute Gasteiger partial charge is 0.244 e. The molecule has 0 spiro atoms. The molecule has 18 heavy (non-hydrogen) atoms. The fraction of sp³-hybridized carbons (Fsp3) is 0.462. The number of rotatable bonds is 2. The Bertz CT molecular complexity index is 531. The van der Waals surface area contributed by atoms with Gasteiger partial charge in [-0.3, -0.25) is 4.98 Å². The third-order valence-electron chi connectivity index (χ3n) is 3.31. The summed E-state index contributed by atoms with van der Waals surface area (Å²) in [6.07, 6.45) is 7.06. The molecule has 3 heterocycles. The van der Waals surface area contributed by atoms with Crippen molar-refractivity contribution in [3.05, 3.63) is 29.9 Å². The maximum Gasteiger partial charge on any atom is 0.244 e. The Labute approximate surface area is 106 Å². The minimum atomic E-state index is 0.210. The van der Waals surface area contributed by atoms with Crippen molar-refractivity contribution in [2.45, 2.75) is 32.2 Å². The number of pyridine rings is 1. The summed E-state index contributed by atoms with van der Waals surface area (Å²) in [6.45, 7) is 3.02. The molecule has 0 bridgehead atoms. The SMILES string of the molecule is Cc1cnccc1-c1noc([C@H]2CCCCN2)n1. The standard InChI is InChI=1S/C13H16N4O/c1-9-8-14-7-5-10(9)12-16-13(18-17-12)11-4-2-3-6-15-11/h5,7-8,11,15H,2-4,6H2,1H3/t11-/m1/s1. The molecule has 2 aromatic heterocycles. The van der Waals surface area contributed by atoms with Crippen LogP contribution in [0.25, 0.3) is 11.4 Å². The fourth-order valence-corrected chi connectivity index (χ4v) is 2.27. The molecule has 2 aromatic rings. The van der Waals surface area contributed by atoms with Gasteiger partial charge in [-0.05, 0) is 37.9 Å². The lowest BCUT2D eigenvalue weighted by Gasteiger charge is -2.19. The zero-order chi connectivity index (χ0) is 12.4. The zero-order valence-electron chi connectivity index (χ0n) is 10.4. The first-order chi connectivity index (χ1) is 8.84. The normalized spacial score (nSPS) is 19.9. The van der Waals surface area contributed by atoms with Gasteiger partial charge in [0.25, 0.3) is 0 Å². The molecular formula is C13H16N4O. The van der Waals surface area contributed by atoms with E-state index in [2.05, 4.69) is 20.4 Å². The van der Waals surface area contributed by atoms with Gasteiger partial charge in [0.05, 0.1) is 6.04 Å². The van der Waals surface area contributed by atoms with Crippen LogP contribution in [-0.2, 0) is 0 Å². The first-order valence-corrected chi connectivity index (χ1v) is 6.32. The minimum absolute atomic E-state index is 0.210. The molecule has 0 aromatic carbocycles. The summed E-state index contributed by atoms with van der Waals surface area (Å²) < 4.78 is 5.37. The van der Waals surface area contributed by atoms with E-state index in [1.54, 1.807) is 6.20 Å². The molecule has 1 saturated heterocycles. The summed E-state index contributed by atoms with van der Waals surface area (Å²) in [7, 11) is 0. The molecule has 94 valence electrons. The molecule has 1 aliphatic rings. The van der Waals surface area contributed by atoms with E-state index in [4.69, 9.17) is 4.52 Å². The molecule has 1 aliphatic heterocycles. The predicted molar refractivity (Wildman–Crippen MR) is 66.9 cm³/mol. The predicted octanol–water partition coefficient (Wildman–Crippen LogP) is 2.25. The van der Waals surface area contributed by atoms with E-state index in [9.17, 15) is 0 Å². The molecule has 5 heteroatoms. The van der Waals surface area contributed by atoms with E-state index in [-0.39, 0.29) is 6.04 Å². The van der Waals surface area contributed by atoms with Crippen molar-refractivity contribution in [2.24, 2.45) is 0 Å². The van der Waals surface area contributed by atoms with Gasteiger partial charge in [-0.15, -0.1) is 0 Å². The minimum Gasteiger partial charge on any atom is -0.337 e. The lowest BCUT2D eigenvalue weighted by atomic mass is 10.1. The Morgan fingerprint density at radius 2 is 2.33 bits per heavy atom. The molecule has 1 N–H and O–H groups in total. The van der Waals surface area contributed by atoms with Gasteiger partial charge in [-0.1, -0.05) is 11.6 Å². The van der Waals surface area contributed by atoms with Gasteiger partial charge in [-0.25, -0.2) is 0 Å². The van der Waals surface area contributed by atoms with E-state index in [1.807, 2.05) is 19.2 Å². The van der Waals surface area contributed by atoms with Crippen LogP contribution in [0.2, 0.25) is 0 Å². The van der Waals surface area contributed by atoms with Gasteiger partial charge in [0.15, 0.2) is 0 Å². The monoisotopic (exact) mass is 244 g/mol. The average Bonchev–Trinajstić information content (AvgIpc) is 2.90. The molecule has 0 saturated carbocycles.